The Morgan fingerprint density at radius 3 is 2.11 bits per heavy atom. The molecule has 0 atom stereocenters. The third-order valence-electron chi connectivity index (χ3n) is 2.48. The Bertz CT molecular complexity index is 596. The van der Waals surface area contributed by atoms with Crippen molar-refractivity contribution in [3.8, 4) is 16.9 Å². The maximum atomic E-state index is 6.26. The molecule has 0 aliphatic rings. The molecule has 0 fully saturated rings. The second-order valence-corrected chi connectivity index (χ2v) is 5.17. The van der Waals surface area contributed by atoms with E-state index in [4.69, 9.17) is 51.1 Å². The molecule has 0 bridgehead atoms. The van der Waals surface area contributed by atoms with Crippen LogP contribution in [0, 0.1) is 0 Å². The second kappa shape index (κ2) is 5.58. The number of methoxy groups -OCH3 is 1. The molecule has 0 aromatic heterocycles. The minimum absolute atomic E-state index is 0.446. The number of ether oxygens (including phenoxy) is 1. The van der Waals surface area contributed by atoms with Crippen molar-refractivity contribution in [3.63, 3.8) is 0 Å². The summed E-state index contributed by atoms with van der Waals surface area (Å²) in [5.41, 5.74) is 1.64. The van der Waals surface area contributed by atoms with Crippen LogP contribution >= 0.6 is 46.4 Å². The highest BCUT2D eigenvalue weighted by Gasteiger charge is 2.13. The minimum Gasteiger partial charge on any atom is -0.494 e. The van der Waals surface area contributed by atoms with Gasteiger partial charge >= 0.3 is 0 Å². The maximum Gasteiger partial charge on any atom is 0.156 e. The quantitative estimate of drug-likeness (QED) is 0.661. The van der Waals surface area contributed by atoms with Gasteiger partial charge in [-0.15, -0.1) is 0 Å². The maximum absolute atomic E-state index is 6.26. The molecule has 1 nitrogen and oxygen atoms in total. The van der Waals surface area contributed by atoms with Gasteiger partial charge in [-0.05, 0) is 23.8 Å². The zero-order chi connectivity index (χ0) is 13.3. The zero-order valence-electron chi connectivity index (χ0n) is 9.31. The van der Waals surface area contributed by atoms with E-state index in [2.05, 4.69) is 0 Å². The summed E-state index contributed by atoms with van der Waals surface area (Å²) < 4.78 is 5.17. The van der Waals surface area contributed by atoms with E-state index in [1.807, 2.05) is 12.1 Å². The van der Waals surface area contributed by atoms with E-state index in [0.717, 1.165) is 11.1 Å². The lowest BCUT2D eigenvalue weighted by molar-refractivity contribution is 0.415. The average Bonchev–Trinajstić information content (AvgIpc) is 2.34. The Kier molecular flexibility index (Phi) is 4.29. The van der Waals surface area contributed by atoms with Gasteiger partial charge in [-0.1, -0.05) is 58.5 Å². The number of halogens is 4. The minimum atomic E-state index is 0.446. The number of rotatable bonds is 2. The van der Waals surface area contributed by atoms with Crippen molar-refractivity contribution in [1.82, 2.24) is 0 Å². The fraction of sp³-hybridized carbons (Fsp3) is 0.0769. The lowest BCUT2D eigenvalue weighted by atomic mass is 10.1. The molecule has 5 heteroatoms. The molecule has 0 aliphatic carbocycles. The van der Waals surface area contributed by atoms with Crippen LogP contribution in [0.25, 0.3) is 11.1 Å². The van der Waals surface area contributed by atoms with Gasteiger partial charge in [0.1, 0.15) is 0 Å². The zero-order valence-corrected chi connectivity index (χ0v) is 12.3. The predicted molar refractivity (Wildman–Crippen MR) is 78.5 cm³/mol. The van der Waals surface area contributed by atoms with Gasteiger partial charge in [0.2, 0.25) is 0 Å². The van der Waals surface area contributed by atoms with Crippen molar-refractivity contribution < 1.29 is 4.74 Å². The molecule has 0 aliphatic heterocycles. The number of hydrogen-bond donors (Lipinski definition) is 0. The summed E-state index contributed by atoms with van der Waals surface area (Å²) in [6, 6.07) is 8.84. The first-order valence-electron chi connectivity index (χ1n) is 5.02. The van der Waals surface area contributed by atoms with Gasteiger partial charge in [-0.3, -0.25) is 0 Å². The second-order valence-electron chi connectivity index (χ2n) is 3.57. The molecule has 0 unspecified atom stereocenters. The van der Waals surface area contributed by atoms with Crippen LogP contribution in [0.15, 0.2) is 30.3 Å². The van der Waals surface area contributed by atoms with Gasteiger partial charge in [-0.25, -0.2) is 0 Å². The fourth-order valence-electron chi connectivity index (χ4n) is 1.61. The van der Waals surface area contributed by atoms with E-state index in [1.165, 1.54) is 7.11 Å². The lowest BCUT2D eigenvalue weighted by Crippen LogP contribution is -1.88. The largest absolute Gasteiger partial charge is 0.494 e. The summed E-state index contributed by atoms with van der Waals surface area (Å²) in [6.45, 7) is 0. The predicted octanol–water partition coefficient (Wildman–Crippen LogP) is 5.98. The molecular formula is C13H8Cl4O. The van der Waals surface area contributed by atoms with Crippen molar-refractivity contribution >= 4 is 46.4 Å². The fourth-order valence-corrected chi connectivity index (χ4v) is 2.54. The molecule has 0 radical (unpaired) electrons. The summed E-state index contributed by atoms with van der Waals surface area (Å²) in [6.07, 6.45) is 0. The van der Waals surface area contributed by atoms with Crippen LogP contribution in [0.3, 0.4) is 0 Å². The molecule has 18 heavy (non-hydrogen) atoms. The van der Waals surface area contributed by atoms with E-state index >= 15 is 0 Å². The highest BCUT2D eigenvalue weighted by Crippen LogP contribution is 2.41. The summed E-state index contributed by atoms with van der Waals surface area (Å²) in [4.78, 5) is 0. The highest BCUT2D eigenvalue weighted by molar-refractivity contribution is 6.42. The topological polar surface area (TPSA) is 9.23 Å². The Balaban J connectivity index is 2.60. The first kappa shape index (κ1) is 13.8. The van der Waals surface area contributed by atoms with E-state index in [0.29, 0.717) is 25.8 Å². The van der Waals surface area contributed by atoms with Crippen LogP contribution in [0.4, 0.5) is 0 Å². The van der Waals surface area contributed by atoms with Crippen LogP contribution in [-0.4, -0.2) is 7.11 Å². The van der Waals surface area contributed by atoms with Crippen molar-refractivity contribution in [2.45, 2.75) is 0 Å². The van der Waals surface area contributed by atoms with Crippen molar-refractivity contribution in [1.29, 1.82) is 0 Å². The first-order chi connectivity index (χ1) is 8.54. The normalized spacial score (nSPS) is 10.5. The molecule has 2 aromatic carbocycles. The summed E-state index contributed by atoms with van der Waals surface area (Å²) in [5, 5.41) is 1.88. The van der Waals surface area contributed by atoms with Crippen LogP contribution in [0.5, 0.6) is 5.75 Å². The monoisotopic (exact) mass is 320 g/mol. The van der Waals surface area contributed by atoms with E-state index in [-0.39, 0.29) is 0 Å². The van der Waals surface area contributed by atoms with Gasteiger partial charge in [0.25, 0.3) is 0 Å². The summed E-state index contributed by atoms with van der Waals surface area (Å²) in [7, 11) is 1.52. The van der Waals surface area contributed by atoms with E-state index < -0.39 is 0 Å². The molecule has 0 spiro atoms. The van der Waals surface area contributed by atoms with Crippen LogP contribution < -0.4 is 4.74 Å². The Morgan fingerprint density at radius 2 is 1.50 bits per heavy atom. The van der Waals surface area contributed by atoms with Gasteiger partial charge in [0.05, 0.1) is 27.2 Å². The molecular weight excluding hydrogens is 314 g/mol. The molecule has 0 saturated carbocycles. The summed E-state index contributed by atoms with van der Waals surface area (Å²) >= 11 is 24.1. The molecule has 0 amide bonds. The number of benzene rings is 2. The van der Waals surface area contributed by atoms with Crippen molar-refractivity contribution in [2.75, 3.05) is 7.11 Å². The molecule has 94 valence electrons. The molecule has 0 N–H and O–H groups in total. The lowest BCUT2D eigenvalue weighted by Gasteiger charge is -2.11. The number of hydrogen-bond acceptors (Lipinski definition) is 1. The molecule has 2 aromatic rings. The Hall–Kier alpha value is -0.600. The summed E-state index contributed by atoms with van der Waals surface area (Å²) in [5.74, 6) is 0.446. The molecule has 0 heterocycles. The third-order valence-corrected chi connectivity index (χ3v) is 3.90. The van der Waals surface area contributed by atoms with Crippen LogP contribution in [0.2, 0.25) is 20.1 Å². The SMILES string of the molecule is COc1c(Cl)ccc(-c2ccc(Cl)c(Cl)c2)c1Cl. The van der Waals surface area contributed by atoms with Crippen LogP contribution in [-0.2, 0) is 0 Å². The van der Waals surface area contributed by atoms with Crippen LogP contribution in [0.1, 0.15) is 0 Å². The first-order valence-corrected chi connectivity index (χ1v) is 6.53. The smallest absolute Gasteiger partial charge is 0.156 e. The molecule has 0 saturated heterocycles. The average molecular weight is 322 g/mol. The molecule has 2 rings (SSSR count). The van der Waals surface area contributed by atoms with E-state index in [9.17, 15) is 0 Å². The van der Waals surface area contributed by atoms with Gasteiger partial charge < -0.3 is 4.74 Å². The van der Waals surface area contributed by atoms with Crippen molar-refractivity contribution in [3.05, 3.63) is 50.4 Å². The third kappa shape index (κ3) is 2.55. The van der Waals surface area contributed by atoms with E-state index in [1.54, 1.807) is 18.2 Å². The van der Waals surface area contributed by atoms with Gasteiger partial charge in [0.15, 0.2) is 5.75 Å². The Labute approximate surface area is 125 Å². The van der Waals surface area contributed by atoms with Gasteiger partial charge in [-0.2, -0.15) is 0 Å². The highest BCUT2D eigenvalue weighted by atomic mass is 35.5. The van der Waals surface area contributed by atoms with Crippen molar-refractivity contribution in [2.24, 2.45) is 0 Å². The Morgan fingerprint density at radius 1 is 0.833 bits per heavy atom. The van der Waals surface area contributed by atoms with Gasteiger partial charge in [0, 0.05) is 5.56 Å². The standard InChI is InChI=1S/C13H8Cl4O/c1-18-13-10(15)5-3-8(12(13)17)7-2-4-9(14)11(16)6-7/h2-6H,1H3.